The molecule has 5 heteroatoms. The summed E-state index contributed by atoms with van der Waals surface area (Å²) in [4.78, 5) is 3.52. The van der Waals surface area contributed by atoms with Crippen LogP contribution < -0.4 is 5.73 Å². The summed E-state index contributed by atoms with van der Waals surface area (Å²) >= 11 is 5.03. The van der Waals surface area contributed by atoms with E-state index in [0.29, 0.717) is 11.4 Å². The van der Waals surface area contributed by atoms with Crippen LogP contribution in [-0.2, 0) is 6.42 Å². The van der Waals surface area contributed by atoms with E-state index in [1.165, 1.54) is 0 Å². The van der Waals surface area contributed by atoms with Crippen molar-refractivity contribution in [1.29, 1.82) is 0 Å². The van der Waals surface area contributed by atoms with Gasteiger partial charge in [0.2, 0.25) is 6.43 Å². The fraction of sp³-hybridized carbons (Fsp3) is 0.167. The van der Waals surface area contributed by atoms with Crippen LogP contribution >= 0.6 is 12.2 Å². The number of halogens is 2. The second-order valence-corrected chi connectivity index (χ2v) is 5.85. The zero-order chi connectivity index (χ0) is 16.4. The molecule has 0 saturated heterocycles. The number of fused-ring (bicyclic) bond motifs is 1. The third-order valence-electron chi connectivity index (χ3n) is 3.90. The Bertz CT molecular complexity index is 855. The Kier molecular flexibility index (Phi) is 4.39. The van der Waals surface area contributed by atoms with Crippen LogP contribution in [0.3, 0.4) is 0 Å². The van der Waals surface area contributed by atoms with Crippen LogP contribution in [0, 0.1) is 0 Å². The first-order valence-electron chi connectivity index (χ1n) is 7.33. The van der Waals surface area contributed by atoms with Crippen LogP contribution in [-0.4, -0.2) is 16.4 Å². The van der Waals surface area contributed by atoms with Crippen molar-refractivity contribution in [3.63, 3.8) is 0 Å². The maximum Gasteiger partial charge on any atom is 0.239 e. The van der Waals surface area contributed by atoms with Gasteiger partial charge in [-0.3, -0.25) is 0 Å². The Hall–Kier alpha value is -2.27. The van der Waals surface area contributed by atoms with E-state index < -0.39 is 6.43 Å². The molecule has 0 fully saturated rings. The number of thiocarbonyl (C=S) groups is 1. The molecule has 0 amide bonds. The van der Waals surface area contributed by atoms with Crippen molar-refractivity contribution in [2.45, 2.75) is 19.3 Å². The third-order valence-corrected chi connectivity index (χ3v) is 4.14. The Balaban J connectivity index is 2.06. The van der Waals surface area contributed by atoms with E-state index >= 15 is 0 Å². The summed E-state index contributed by atoms with van der Waals surface area (Å²) in [5, 5.41) is 1.01. The molecule has 0 aliphatic rings. The number of hydrogen-bond donors (Lipinski definition) is 2. The molecule has 0 aliphatic heterocycles. The molecule has 0 spiro atoms. The fourth-order valence-electron chi connectivity index (χ4n) is 2.78. The molecule has 2 nitrogen and oxygen atoms in total. The average molecular weight is 330 g/mol. The molecule has 0 bridgehead atoms. The van der Waals surface area contributed by atoms with Crippen LogP contribution in [0.25, 0.3) is 22.0 Å². The Labute approximate surface area is 138 Å². The molecule has 3 aromatic rings. The molecule has 23 heavy (non-hydrogen) atoms. The van der Waals surface area contributed by atoms with Crippen molar-refractivity contribution in [2.24, 2.45) is 5.73 Å². The van der Waals surface area contributed by atoms with E-state index in [2.05, 4.69) is 4.98 Å². The van der Waals surface area contributed by atoms with Gasteiger partial charge in [0.05, 0.1) is 0 Å². The zero-order valence-corrected chi connectivity index (χ0v) is 13.2. The average Bonchev–Trinajstić information content (AvgIpc) is 3.02. The number of H-pyrrole nitrogens is 1. The van der Waals surface area contributed by atoms with Crippen LogP contribution in [0.1, 0.15) is 17.5 Å². The number of nitrogens with two attached hydrogens (primary N) is 1. The second kappa shape index (κ2) is 6.46. The summed E-state index contributed by atoms with van der Waals surface area (Å²) in [5.74, 6) is 0. The highest BCUT2D eigenvalue weighted by Gasteiger charge is 2.11. The number of aromatic nitrogens is 1. The molecule has 0 saturated carbocycles. The number of alkyl halides is 2. The lowest BCUT2D eigenvalue weighted by atomic mass is 9.96. The van der Waals surface area contributed by atoms with Crippen molar-refractivity contribution in [2.75, 3.05) is 0 Å². The molecule has 3 rings (SSSR count). The lowest BCUT2D eigenvalue weighted by Crippen LogP contribution is -2.08. The minimum atomic E-state index is -2.29. The highest BCUT2D eigenvalue weighted by atomic mass is 32.1. The summed E-state index contributed by atoms with van der Waals surface area (Å²) in [7, 11) is 0. The van der Waals surface area contributed by atoms with E-state index in [1.54, 1.807) is 0 Å². The van der Waals surface area contributed by atoms with E-state index in [1.807, 2.05) is 48.7 Å². The first-order valence-corrected chi connectivity index (χ1v) is 7.74. The Morgan fingerprint density at radius 3 is 2.74 bits per heavy atom. The van der Waals surface area contributed by atoms with Gasteiger partial charge in [-0.2, -0.15) is 0 Å². The van der Waals surface area contributed by atoms with Gasteiger partial charge in [-0.1, -0.05) is 42.5 Å². The monoisotopic (exact) mass is 330 g/mol. The van der Waals surface area contributed by atoms with Crippen LogP contribution in [0.4, 0.5) is 8.78 Å². The summed E-state index contributed by atoms with van der Waals surface area (Å²) in [6.07, 6.45) is -0.244. The summed E-state index contributed by atoms with van der Waals surface area (Å²) in [5.41, 5.74) is 10.3. The lowest BCUT2D eigenvalue weighted by Gasteiger charge is -2.10. The molecule has 0 atom stereocenters. The molecule has 2 aromatic carbocycles. The van der Waals surface area contributed by atoms with Crippen LogP contribution in [0.15, 0.2) is 48.7 Å². The van der Waals surface area contributed by atoms with E-state index in [4.69, 9.17) is 18.0 Å². The predicted octanol–water partition coefficient (Wildman–Crippen LogP) is 4.67. The Morgan fingerprint density at radius 2 is 2.00 bits per heavy atom. The fourth-order valence-corrected chi connectivity index (χ4v) is 2.91. The molecule has 0 unspecified atom stereocenters. The molecule has 1 aromatic heterocycles. The molecular weight excluding hydrogens is 314 g/mol. The maximum atomic E-state index is 12.5. The number of aryl methyl sites for hydroxylation is 1. The van der Waals surface area contributed by atoms with Gasteiger partial charge >= 0.3 is 0 Å². The molecule has 3 N–H and O–H groups in total. The quantitative estimate of drug-likeness (QED) is 0.668. The number of hydrogen-bond acceptors (Lipinski definition) is 1. The number of rotatable bonds is 5. The predicted molar refractivity (Wildman–Crippen MR) is 93.9 cm³/mol. The summed E-state index contributed by atoms with van der Waals surface area (Å²) in [6, 6.07) is 13.6. The van der Waals surface area contributed by atoms with E-state index in [0.717, 1.165) is 33.2 Å². The minimum Gasteiger partial charge on any atom is -0.389 e. The molecular formula is C18H16F2N2S. The number of benzene rings is 2. The first-order chi connectivity index (χ1) is 11.1. The topological polar surface area (TPSA) is 41.8 Å². The van der Waals surface area contributed by atoms with Gasteiger partial charge in [0.15, 0.2) is 0 Å². The smallest absolute Gasteiger partial charge is 0.239 e. The molecule has 1 heterocycles. The first kappa shape index (κ1) is 15.6. The van der Waals surface area contributed by atoms with Gasteiger partial charge < -0.3 is 10.7 Å². The van der Waals surface area contributed by atoms with Crippen LogP contribution in [0.5, 0.6) is 0 Å². The SMILES string of the molecule is NC(=S)c1cccc(-c2ccc(CCC(F)F)c3[nH]ccc23)c1. The molecule has 118 valence electrons. The van der Waals surface area contributed by atoms with Crippen molar-refractivity contribution < 1.29 is 8.78 Å². The number of aromatic amines is 1. The minimum absolute atomic E-state index is 0.135. The van der Waals surface area contributed by atoms with Crippen molar-refractivity contribution >= 4 is 28.1 Å². The maximum absolute atomic E-state index is 12.5. The van der Waals surface area contributed by atoms with Crippen molar-refractivity contribution in [3.8, 4) is 11.1 Å². The second-order valence-electron chi connectivity index (χ2n) is 5.41. The highest BCUT2D eigenvalue weighted by molar-refractivity contribution is 7.80. The van der Waals surface area contributed by atoms with Gasteiger partial charge in [0.1, 0.15) is 4.99 Å². The van der Waals surface area contributed by atoms with Gasteiger partial charge in [0.25, 0.3) is 0 Å². The van der Waals surface area contributed by atoms with E-state index in [-0.39, 0.29) is 6.42 Å². The van der Waals surface area contributed by atoms with Gasteiger partial charge in [-0.05, 0) is 35.2 Å². The van der Waals surface area contributed by atoms with Crippen molar-refractivity contribution in [3.05, 3.63) is 59.8 Å². The lowest BCUT2D eigenvalue weighted by molar-refractivity contribution is 0.138. The standard InChI is InChI=1S/C18H16F2N2S/c19-16(20)7-5-11-4-6-14(15-8-9-22-17(11)15)12-2-1-3-13(10-12)18(21)23/h1-4,6,8-10,16,22H,5,7H2,(H2,21,23). The summed E-state index contributed by atoms with van der Waals surface area (Å²) in [6.45, 7) is 0. The van der Waals surface area contributed by atoms with Gasteiger partial charge in [0, 0.05) is 29.1 Å². The molecule has 0 radical (unpaired) electrons. The number of nitrogens with one attached hydrogen (secondary N) is 1. The highest BCUT2D eigenvalue weighted by Crippen LogP contribution is 2.31. The summed E-state index contributed by atoms with van der Waals surface area (Å²) < 4.78 is 25.0. The largest absolute Gasteiger partial charge is 0.389 e. The third kappa shape index (κ3) is 3.24. The van der Waals surface area contributed by atoms with Crippen molar-refractivity contribution in [1.82, 2.24) is 4.98 Å². The van der Waals surface area contributed by atoms with Gasteiger partial charge in [-0.25, -0.2) is 8.78 Å². The zero-order valence-electron chi connectivity index (χ0n) is 12.4. The Morgan fingerprint density at radius 1 is 1.17 bits per heavy atom. The van der Waals surface area contributed by atoms with Gasteiger partial charge in [-0.15, -0.1) is 0 Å². The normalized spacial score (nSPS) is 11.3. The van der Waals surface area contributed by atoms with Crippen LogP contribution in [0.2, 0.25) is 0 Å². The molecule has 0 aliphatic carbocycles. The van der Waals surface area contributed by atoms with E-state index in [9.17, 15) is 8.78 Å².